The third kappa shape index (κ3) is 3.97. The number of benzene rings is 5. The Labute approximate surface area is 211 Å². The van der Waals surface area contributed by atoms with Crippen LogP contribution in [0, 0.1) is 6.92 Å². The molecule has 0 saturated carbocycles. The summed E-state index contributed by atoms with van der Waals surface area (Å²) in [6, 6.07) is 43.1. The van der Waals surface area contributed by atoms with E-state index in [9.17, 15) is 0 Å². The SMILES string of the molecule is COc1ccc(-n2c3ccccc3c3cc(/C=C(\c4ccccc4)c4ccc(C)cc4)ccc32)cc1. The molecule has 0 atom stereocenters. The highest BCUT2D eigenvalue weighted by molar-refractivity contribution is 6.10. The third-order valence-corrected chi connectivity index (χ3v) is 6.79. The molecule has 6 aromatic rings. The second-order valence-corrected chi connectivity index (χ2v) is 9.12. The highest BCUT2D eigenvalue weighted by Crippen LogP contribution is 2.34. The lowest BCUT2D eigenvalue weighted by atomic mass is 9.94. The van der Waals surface area contributed by atoms with E-state index in [1.54, 1.807) is 7.11 Å². The van der Waals surface area contributed by atoms with Gasteiger partial charge in [-0.05, 0) is 77.7 Å². The van der Waals surface area contributed by atoms with E-state index in [0.717, 1.165) is 11.4 Å². The van der Waals surface area contributed by atoms with Crippen molar-refractivity contribution in [2.24, 2.45) is 0 Å². The van der Waals surface area contributed by atoms with E-state index in [1.807, 2.05) is 12.1 Å². The fourth-order valence-electron chi connectivity index (χ4n) is 4.94. The van der Waals surface area contributed by atoms with E-state index >= 15 is 0 Å². The molecule has 0 bridgehead atoms. The van der Waals surface area contributed by atoms with Gasteiger partial charge < -0.3 is 9.30 Å². The van der Waals surface area contributed by atoms with Crippen LogP contribution in [0.4, 0.5) is 0 Å². The number of hydrogen-bond donors (Lipinski definition) is 0. The summed E-state index contributed by atoms with van der Waals surface area (Å²) in [7, 11) is 1.70. The smallest absolute Gasteiger partial charge is 0.119 e. The molecule has 0 amide bonds. The maximum Gasteiger partial charge on any atom is 0.119 e. The molecular weight excluding hydrogens is 438 g/mol. The fourth-order valence-corrected chi connectivity index (χ4v) is 4.94. The lowest BCUT2D eigenvalue weighted by molar-refractivity contribution is 0.415. The lowest BCUT2D eigenvalue weighted by Gasteiger charge is -2.11. The first kappa shape index (κ1) is 21.9. The normalized spacial score (nSPS) is 11.8. The van der Waals surface area contributed by atoms with Crippen LogP contribution in [0.3, 0.4) is 0 Å². The highest BCUT2D eigenvalue weighted by atomic mass is 16.5. The molecule has 36 heavy (non-hydrogen) atoms. The van der Waals surface area contributed by atoms with Gasteiger partial charge in [-0.2, -0.15) is 0 Å². The predicted molar refractivity (Wildman–Crippen MR) is 152 cm³/mol. The monoisotopic (exact) mass is 465 g/mol. The summed E-state index contributed by atoms with van der Waals surface area (Å²) in [5, 5.41) is 2.49. The van der Waals surface area contributed by atoms with E-state index in [1.165, 1.54) is 49.6 Å². The minimum Gasteiger partial charge on any atom is -0.497 e. The Morgan fingerprint density at radius 3 is 2.06 bits per heavy atom. The summed E-state index contributed by atoms with van der Waals surface area (Å²) in [4.78, 5) is 0. The first-order valence-electron chi connectivity index (χ1n) is 12.2. The quantitative estimate of drug-likeness (QED) is 0.232. The predicted octanol–water partition coefficient (Wildman–Crippen LogP) is 8.69. The second kappa shape index (κ2) is 9.24. The van der Waals surface area contributed by atoms with Crippen LogP contribution < -0.4 is 4.74 Å². The van der Waals surface area contributed by atoms with Crippen molar-refractivity contribution in [3.63, 3.8) is 0 Å². The fraction of sp³-hybridized carbons (Fsp3) is 0.0588. The molecule has 0 fully saturated rings. The maximum atomic E-state index is 5.38. The summed E-state index contributed by atoms with van der Waals surface area (Å²) in [6.45, 7) is 2.13. The number of ether oxygens (including phenoxy) is 1. The molecule has 0 aliphatic rings. The van der Waals surface area contributed by atoms with Crippen molar-refractivity contribution in [3.05, 3.63) is 144 Å². The summed E-state index contributed by atoms with van der Waals surface area (Å²) in [6.07, 6.45) is 2.30. The molecule has 0 N–H and O–H groups in total. The number of hydrogen-bond acceptors (Lipinski definition) is 1. The van der Waals surface area contributed by atoms with Gasteiger partial charge in [0.1, 0.15) is 5.75 Å². The number of para-hydroxylation sites is 1. The minimum atomic E-state index is 0.858. The van der Waals surface area contributed by atoms with Gasteiger partial charge in [-0.25, -0.2) is 0 Å². The Morgan fingerprint density at radius 1 is 0.639 bits per heavy atom. The minimum absolute atomic E-state index is 0.858. The van der Waals surface area contributed by atoms with Gasteiger partial charge in [0, 0.05) is 16.5 Å². The Morgan fingerprint density at radius 2 is 1.31 bits per heavy atom. The third-order valence-electron chi connectivity index (χ3n) is 6.79. The number of fused-ring (bicyclic) bond motifs is 3. The molecule has 5 aromatic carbocycles. The summed E-state index contributed by atoms with van der Waals surface area (Å²) < 4.78 is 7.71. The van der Waals surface area contributed by atoms with E-state index < -0.39 is 0 Å². The van der Waals surface area contributed by atoms with Crippen LogP contribution in [0.5, 0.6) is 5.75 Å². The van der Waals surface area contributed by atoms with Gasteiger partial charge in [-0.3, -0.25) is 0 Å². The molecule has 2 heteroatoms. The zero-order chi connectivity index (χ0) is 24.5. The number of rotatable bonds is 5. The van der Waals surface area contributed by atoms with Crippen LogP contribution in [0.15, 0.2) is 121 Å². The van der Waals surface area contributed by atoms with Crippen molar-refractivity contribution >= 4 is 33.5 Å². The van der Waals surface area contributed by atoms with Gasteiger partial charge in [-0.1, -0.05) is 84.4 Å². The molecule has 0 radical (unpaired) electrons. The van der Waals surface area contributed by atoms with Crippen LogP contribution in [-0.4, -0.2) is 11.7 Å². The van der Waals surface area contributed by atoms with Crippen molar-refractivity contribution in [1.82, 2.24) is 4.57 Å². The first-order chi connectivity index (χ1) is 17.7. The number of aromatic nitrogens is 1. The molecule has 0 unspecified atom stereocenters. The zero-order valence-corrected chi connectivity index (χ0v) is 20.5. The van der Waals surface area contributed by atoms with Gasteiger partial charge in [0.05, 0.1) is 18.1 Å². The van der Waals surface area contributed by atoms with Crippen molar-refractivity contribution < 1.29 is 4.74 Å². The topological polar surface area (TPSA) is 14.2 Å². The van der Waals surface area contributed by atoms with E-state index in [2.05, 4.69) is 127 Å². The molecule has 0 saturated heterocycles. The lowest BCUT2D eigenvalue weighted by Crippen LogP contribution is -1.94. The van der Waals surface area contributed by atoms with E-state index in [-0.39, 0.29) is 0 Å². The molecule has 0 aliphatic carbocycles. The van der Waals surface area contributed by atoms with Crippen molar-refractivity contribution in [3.8, 4) is 11.4 Å². The Bertz CT molecular complexity index is 1690. The average Bonchev–Trinajstić information content (AvgIpc) is 3.26. The van der Waals surface area contributed by atoms with Crippen molar-refractivity contribution in [2.75, 3.05) is 7.11 Å². The van der Waals surface area contributed by atoms with Gasteiger partial charge >= 0.3 is 0 Å². The molecule has 1 aromatic heterocycles. The van der Waals surface area contributed by atoms with Gasteiger partial charge in [0.2, 0.25) is 0 Å². The molecule has 1 heterocycles. The molecular formula is C34H27NO. The largest absolute Gasteiger partial charge is 0.497 e. The van der Waals surface area contributed by atoms with Crippen LogP contribution >= 0.6 is 0 Å². The Kier molecular flexibility index (Phi) is 5.63. The summed E-state index contributed by atoms with van der Waals surface area (Å²) in [5.41, 5.74) is 9.59. The van der Waals surface area contributed by atoms with Crippen LogP contribution in [-0.2, 0) is 0 Å². The standard InChI is InChI=1S/C34H27NO/c1-24-12-15-27(16-13-24)31(26-8-4-3-5-9-26)22-25-14-21-34-32(23-25)30-10-6-7-11-33(30)35(34)28-17-19-29(36-2)20-18-28/h3-23H,1-2H3/b31-22+. The van der Waals surface area contributed by atoms with Gasteiger partial charge in [0.25, 0.3) is 0 Å². The average molecular weight is 466 g/mol. The molecule has 174 valence electrons. The number of nitrogens with zero attached hydrogens (tertiary/aromatic N) is 1. The molecule has 6 rings (SSSR count). The van der Waals surface area contributed by atoms with Crippen molar-refractivity contribution in [2.45, 2.75) is 6.92 Å². The highest BCUT2D eigenvalue weighted by Gasteiger charge is 2.13. The molecule has 0 spiro atoms. The van der Waals surface area contributed by atoms with Gasteiger partial charge in [-0.15, -0.1) is 0 Å². The van der Waals surface area contributed by atoms with E-state index in [0.29, 0.717) is 0 Å². The summed E-state index contributed by atoms with van der Waals surface area (Å²) >= 11 is 0. The Balaban J connectivity index is 1.55. The first-order valence-corrected chi connectivity index (χ1v) is 12.2. The number of methoxy groups -OCH3 is 1. The van der Waals surface area contributed by atoms with Crippen LogP contribution in [0.2, 0.25) is 0 Å². The van der Waals surface area contributed by atoms with Crippen molar-refractivity contribution in [1.29, 1.82) is 0 Å². The van der Waals surface area contributed by atoms with Crippen LogP contribution in [0.1, 0.15) is 22.3 Å². The number of aryl methyl sites for hydroxylation is 1. The zero-order valence-electron chi connectivity index (χ0n) is 20.5. The second-order valence-electron chi connectivity index (χ2n) is 9.12. The van der Waals surface area contributed by atoms with Crippen LogP contribution in [0.25, 0.3) is 39.1 Å². The molecule has 0 aliphatic heterocycles. The summed E-state index contributed by atoms with van der Waals surface area (Å²) in [5.74, 6) is 0.858. The molecule has 2 nitrogen and oxygen atoms in total. The maximum absolute atomic E-state index is 5.38. The van der Waals surface area contributed by atoms with Gasteiger partial charge in [0.15, 0.2) is 0 Å². The van der Waals surface area contributed by atoms with E-state index in [4.69, 9.17) is 4.74 Å². The Hall–Kier alpha value is -4.56.